The highest BCUT2D eigenvalue weighted by atomic mass is 19.1. The van der Waals surface area contributed by atoms with E-state index in [0.717, 1.165) is 44.6 Å². The molecule has 0 aliphatic carbocycles. The number of halogens is 2. The SMILES string of the molecule is Cc1nc(F)c2c(-c3ccc(F)cc3C(=O)N3CCOC[C@H]3C)cc(C3CN([C@H](CO[C@H]4CCCNC4)C(C)C)C3)cn12. The van der Waals surface area contributed by atoms with Crippen molar-refractivity contribution >= 4 is 11.4 Å². The maximum atomic E-state index is 15.4. The first kappa shape index (κ1) is 30.1. The zero-order chi connectivity index (χ0) is 30.2. The normalized spacial score (nSPS) is 22.7. The fraction of sp³-hybridized carbons (Fsp3) is 0.576. The molecule has 3 saturated heterocycles. The Kier molecular flexibility index (Phi) is 8.82. The molecule has 0 saturated carbocycles. The molecule has 3 aliphatic heterocycles. The van der Waals surface area contributed by atoms with Crippen molar-refractivity contribution in [3.8, 4) is 11.1 Å². The molecule has 0 spiro atoms. The van der Waals surface area contributed by atoms with E-state index in [0.29, 0.717) is 60.8 Å². The first-order chi connectivity index (χ1) is 20.7. The zero-order valence-corrected chi connectivity index (χ0v) is 25.6. The molecule has 3 atom stereocenters. The average Bonchev–Trinajstić information content (AvgIpc) is 3.26. The number of pyridine rings is 1. The number of likely N-dealkylation sites (tertiary alicyclic amines) is 1. The van der Waals surface area contributed by atoms with Gasteiger partial charge in [0.15, 0.2) is 0 Å². The Morgan fingerprint density at radius 3 is 2.74 bits per heavy atom. The van der Waals surface area contributed by atoms with Gasteiger partial charge in [0.2, 0.25) is 5.95 Å². The average molecular weight is 596 g/mol. The summed E-state index contributed by atoms with van der Waals surface area (Å²) >= 11 is 0. The summed E-state index contributed by atoms with van der Waals surface area (Å²) in [6.07, 6.45) is 4.48. The number of aryl methyl sites for hydroxylation is 1. The van der Waals surface area contributed by atoms with Crippen LogP contribution in [0.25, 0.3) is 16.6 Å². The fourth-order valence-electron chi connectivity index (χ4n) is 6.78. The highest BCUT2D eigenvalue weighted by molar-refractivity contribution is 6.03. The second kappa shape index (κ2) is 12.6. The van der Waals surface area contributed by atoms with Crippen molar-refractivity contribution in [1.82, 2.24) is 24.5 Å². The molecule has 3 aromatic rings. The van der Waals surface area contributed by atoms with Gasteiger partial charge in [0, 0.05) is 49.9 Å². The molecule has 8 nitrogen and oxygen atoms in total. The molecule has 2 aromatic heterocycles. The number of morpholine rings is 1. The number of amides is 1. The Hall–Kier alpha value is -2.92. The third kappa shape index (κ3) is 6.07. The van der Waals surface area contributed by atoms with E-state index in [1.165, 1.54) is 12.1 Å². The minimum atomic E-state index is -0.606. The second-order valence-electron chi connectivity index (χ2n) is 12.7. The van der Waals surface area contributed by atoms with Crippen LogP contribution in [0.5, 0.6) is 0 Å². The molecule has 0 unspecified atom stereocenters. The van der Waals surface area contributed by atoms with Crippen LogP contribution in [0.4, 0.5) is 8.78 Å². The van der Waals surface area contributed by atoms with Gasteiger partial charge in [-0.15, -0.1) is 0 Å². The van der Waals surface area contributed by atoms with Gasteiger partial charge in [-0.2, -0.15) is 4.39 Å². The molecule has 43 heavy (non-hydrogen) atoms. The summed E-state index contributed by atoms with van der Waals surface area (Å²) in [6, 6.07) is 6.33. The van der Waals surface area contributed by atoms with Gasteiger partial charge < -0.3 is 24.1 Å². The number of ether oxygens (including phenoxy) is 2. The van der Waals surface area contributed by atoms with Crippen molar-refractivity contribution < 1.29 is 23.0 Å². The lowest BCUT2D eigenvalue weighted by atomic mass is 9.86. The Morgan fingerprint density at radius 1 is 1.21 bits per heavy atom. The summed E-state index contributed by atoms with van der Waals surface area (Å²) in [6.45, 7) is 13.8. The van der Waals surface area contributed by atoms with Gasteiger partial charge >= 0.3 is 0 Å². The number of carbonyl (C=O) groups is 1. The van der Waals surface area contributed by atoms with Gasteiger partial charge in [0.05, 0.1) is 37.5 Å². The van der Waals surface area contributed by atoms with Crippen LogP contribution in [0.2, 0.25) is 0 Å². The molecule has 6 rings (SSSR count). The van der Waals surface area contributed by atoms with E-state index in [1.807, 2.05) is 19.2 Å². The minimum Gasteiger partial charge on any atom is -0.377 e. The number of hydrogen-bond donors (Lipinski definition) is 1. The lowest BCUT2D eigenvalue weighted by Crippen LogP contribution is -2.54. The first-order valence-electron chi connectivity index (χ1n) is 15.6. The quantitative estimate of drug-likeness (QED) is 0.409. The number of nitrogens with zero attached hydrogens (tertiary/aromatic N) is 4. The number of fused-ring (bicyclic) bond motifs is 1. The van der Waals surface area contributed by atoms with Gasteiger partial charge in [0.1, 0.15) is 17.2 Å². The van der Waals surface area contributed by atoms with Crippen LogP contribution < -0.4 is 5.32 Å². The molecule has 3 fully saturated rings. The molecule has 1 aromatic carbocycles. The third-order valence-electron chi connectivity index (χ3n) is 9.39. The molecule has 232 valence electrons. The van der Waals surface area contributed by atoms with Crippen molar-refractivity contribution in [3.63, 3.8) is 0 Å². The molecular weight excluding hydrogens is 552 g/mol. The molecule has 3 aliphatic rings. The van der Waals surface area contributed by atoms with Crippen molar-refractivity contribution in [3.05, 3.63) is 59.2 Å². The number of carbonyl (C=O) groups excluding carboxylic acids is 1. The third-order valence-corrected chi connectivity index (χ3v) is 9.39. The number of hydrogen-bond acceptors (Lipinski definition) is 6. The summed E-state index contributed by atoms with van der Waals surface area (Å²) in [7, 11) is 0. The standard InChI is InChI=1S/C33H43F2N5O3/c1-20(2)30(19-43-26-6-5-9-36-14-26)38-15-24(16-38)23-12-28(31-32(35)37-22(4)40(31)17-23)27-8-7-25(34)13-29(27)33(41)39-10-11-42-18-21(39)3/h7-8,12-13,17,20-21,24,26,30,36H,5-6,9-11,14-16,18-19H2,1-4H3/t21-,26+,30-/m1/s1. The van der Waals surface area contributed by atoms with Gasteiger partial charge in [-0.1, -0.05) is 19.9 Å². The number of benzene rings is 1. The van der Waals surface area contributed by atoms with E-state index in [4.69, 9.17) is 9.47 Å². The van der Waals surface area contributed by atoms with E-state index in [2.05, 4.69) is 29.0 Å². The smallest absolute Gasteiger partial charge is 0.254 e. The topological polar surface area (TPSA) is 71.3 Å². The number of piperidine rings is 1. The van der Waals surface area contributed by atoms with Gasteiger partial charge in [0.25, 0.3) is 5.91 Å². The molecule has 0 bridgehead atoms. The number of nitrogens with one attached hydrogen (secondary N) is 1. The molecule has 10 heteroatoms. The lowest BCUT2D eigenvalue weighted by molar-refractivity contribution is -0.0365. The Labute approximate surface area is 252 Å². The van der Waals surface area contributed by atoms with Gasteiger partial charge in [-0.05, 0) is 68.5 Å². The highest BCUT2D eigenvalue weighted by Gasteiger charge is 2.36. The zero-order valence-electron chi connectivity index (χ0n) is 25.6. The highest BCUT2D eigenvalue weighted by Crippen LogP contribution is 2.37. The Morgan fingerprint density at radius 2 is 2.02 bits per heavy atom. The largest absolute Gasteiger partial charge is 0.377 e. The van der Waals surface area contributed by atoms with Crippen LogP contribution in [0.15, 0.2) is 30.5 Å². The van der Waals surface area contributed by atoms with Crippen LogP contribution in [0.3, 0.4) is 0 Å². The van der Waals surface area contributed by atoms with Crippen molar-refractivity contribution in [2.24, 2.45) is 5.92 Å². The summed E-state index contributed by atoms with van der Waals surface area (Å²) in [4.78, 5) is 22.1. The van der Waals surface area contributed by atoms with E-state index in [9.17, 15) is 9.18 Å². The second-order valence-corrected chi connectivity index (χ2v) is 12.7. The summed E-state index contributed by atoms with van der Waals surface area (Å²) < 4.78 is 43.6. The van der Waals surface area contributed by atoms with Crippen LogP contribution in [-0.2, 0) is 9.47 Å². The number of imidazole rings is 1. The fourth-order valence-corrected chi connectivity index (χ4v) is 6.78. The van der Waals surface area contributed by atoms with E-state index >= 15 is 4.39 Å². The summed E-state index contributed by atoms with van der Waals surface area (Å²) in [5.74, 6) is -0.205. The first-order valence-corrected chi connectivity index (χ1v) is 15.6. The van der Waals surface area contributed by atoms with Crippen LogP contribution in [0, 0.1) is 24.6 Å². The molecule has 5 heterocycles. The molecular formula is C33H43F2N5O3. The van der Waals surface area contributed by atoms with Gasteiger partial charge in [-0.3, -0.25) is 9.69 Å². The molecule has 1 amide bonds. The predicted octanol–water partition coefficient (Wildman–Crippen LogP) is 4.64. The maximum Gasteiger partial charge on any atom is 0.254 e. The van der Waals surface area contributed by atoms with Gasteiger partial charge in [-0.25, -0.2) is 9.37 Å². The Balaban J connectivity index is 1.30. The van der Waals surface area contributed by atoms with E-state index in [-0.39, 0.29) is 29.5 Å². The van der Waals surface area contributed by atoms with Crippen molar-refractivity contribution in [2.45, 2.75) is 64.6 Å². The van der Waals surface area contributed by atoms with Crippen molar-refractivity contribution in [1.29, 1.82) is 0 Å². The summed E-state index contributed by atoms with van der Waals surface area (Å²) in [5.41, 5.74) is 2.60. The maximum absolute atomic E-state index is 15.4. The number of aromatic nitrogens is 2. The minimum absolute atomic E-state index is 0.147. The molecule has 1 N–H and O–H groups in total. The Bertz CT molecular complexity index is 1460. The summed E-state index contributed by atoms with van der Waals surface area (Å²) in [5, 5.41) is 3.42. The van der Waals surface area contributed by atoms with Crippen LogP contribution in [0.1, 0.15) is 61.3 Å². The predicted molar refractivity (Wildman–Crippen MR) is 161 cm³/mol. The van der Waals surface area contributed by atoms with Crippen LogP contribution >= 0.6 is 0 Å². The van der Waals surface area contributed by atoms with Crippen LogP contribution in [-0.4, -0.2) is 95.8 Å². The number of rotatable bonds is 8. The monoisotopic (exact) mass is 595 g/mol. The lowest BCUT2D eigenvalue weighted by Gasteiger charge is -2.46. The molecule has 0 radical (unpaired) electrons. The van der Waals surface area contributed by atoms with E-state index < -0.39 is 11.8 Å². The van der Waals surface area contributed by atoms with E-state index in [1.54, 1.807) is 22.3 Å². The van der Waals surface area contributed by atoms with Crippen molar-refractivity contribution in [2.75, 3.05) is 52.5 Å².